The molecule has 148 valence electrons. The van der Waals surface area contributed by atoms with Crippen LogP contribution < -0.4 is 15.4 Å². The van der Waals surface area contributed by atoms with Crippen LogP contribution >= 0.6 is 11.6 Å². The third kappa shape index (κ3) is 3.56. The fraction of sp³-hybridized carbons (Fsp3) is 0.190. The molecule has 0 radical (unpaired) electrons. The lowest BCUT2D eigenvalue weighted by Crippen LogP contribution is -2.23. The molecule has 0 saturated carbocycles. The molecule has 0 aliphatic carbocycles. The molecule has 2 N–H and O–H groups in total. The van der Waals surface area contributed by atoms with E-state index < -0.39 is 6.04 Å². The summed E-state index contributed by atoms with van der Waals surface area (Å²) in [7, 11) is 1.61. The van der Waals surface area contributed by atoms with Crippen LogP contribution in [0.3, 0.4) is 0 Å². The second kappa shape index (κ2) is 7.60. The SMILES string of the molecule is COc1ccc(-c2c(C)nn3c2NC(=O)C3CC(=O)Nc2ccccc2Cl)cc1. The summed E-state index contributed by atoms with van der Waals surface area (Å²) in [4.78, 5) is 25.0. The number of hydrogen-bond acceptors (Lipinski definition) is 4. The minimum Gasteiger partial charge on any atom is -0.497 e. The predicted octanol–water partition coefficient (Wildman–Crippen LogP) is 4.04. The van der Waals surface area contributed by atoms with Gasteiger partial charge in [-0.15, -0.1) is 0 Å². The number of aromatic nitrogens is 2. The molecule has 0 bridgehead atoms. The van der Waals surface area contributed by atoms with Crippen LogP contribution in [-0.4, -0.2) is 28.7 Å². The molecule has 1 aliphatic rings. The molecule has 0 fully saturated rings. The van der Waals surface area contributed by atoms with E-state index in [0.717, 1.165) is 22.6 Å². The summed E-state index contributed by atoms with van der Waals surface area (Å²) in [6.07, 6.45) is -0.0484. The standard InChI is InChI=1S/C21H19ClN4O3/c1-12-19(13-7-9-14(29-2)10-8-13)20-24-21(28)17(26(20)25-12)11-18(27)23-16-6-4-3-5-15(16)22/h3-10,17H,11H2,1-2H3,(H,23,27)(H,24,28). The van der Waals surface area contributed by atoms with E-state index in [0.29, 0.717) is 16.5 Å². The van der Waals surface area contributed by atoms with Crippen molar-refractivity contribution in [1.29, 1.82) is 0 Å². The number of amides is 2. The largest absolute Gasteiger partial charge is 0.497 e. The zero-order chi connectivity index (χ0) is 20.5. The average Bonchev–Trinajstić information content (AvgIpc) is 3.17. The second-order valence-corrected chi connectivity index (χ2v) is 7.13. The number of fused-ring (bicyclic) bond motifs is 1. The quantitative estimate of drug-likeness (QED) is 0.664. The number of hydrogen-bond donors (Lipinski definition) is 2. The van der Waals surface area contributed by atoms with Crippen molar-refractivity contribution in [2.24, 2.45) is 0 Å². The first-order valence-corrected chi connectivity index (χ1v) is 9.44. The van der Waals surface area contributed by atoms with Crippen molar-refractivity contribution in [3.05, 3.63) is 59.2 Å². The Morgan fingerprint density at radius 2 is 1.97 bits per heavy atom. The fourth-order valence-electron chi connectivity index (χ4n) is 3.43. The summed E-state index contributed by atoms with van der Waals surface area (Å²) in [6.45, 7) is 1.87. The van der Waals surface area contributed by atoms with Gasteiger partial charge in [-0.3, -0.25) is 9.59 Å². The minimum absolute atomic E-state index is 0.0484. The van der Waals surface area contributed by atoms with Gasteiger partial charge in [0.2, 0.25) is 5.91 Å². The van der Waals surface area contributed by atoms with Gasteiger partial charge < -0.3 is 15.4 Å². The monoisotopic (exact) mass is 410 g/mol. The molecule has 2 aromatic carbocycles. The Morgan fingerprint density at radius 3 is 2.66 bits per heavy atom. The summed E-state index contributed by atoms with van der Waals surface area (Å²) < 4.78 is 6.79. The molecule has 7 nitrogen and oxygen atoms in total. The van der Waals surface area contributed by atoms with Crippen LogP contribution in [0.15, 0.2) is 48.5 Å². The van der Waals surface area contributed by atoms with Crippen LogP contribution in [0, 0.1) is 6.92 Å². The highest BCUT2D eigenvalue weighted by molar-refractivity contribution is 6.33. The van der Waals surface area contributed by atoms with Crippen LogP contribution in [0.4, 0.5) is 11.5 Å². The number of carbonyl (C=O) groups is 2. The van der Waals surface area contributed by atoms with E-state index in [2.05, 4.69) is 15.7 Å². The molecule has 0 spiro atoms. The lowest BCUT2D eigenvalue weighted by molar-refractivity contribution is -0.123. The highest BCUT2D eigenvalue weighted by Gasteiger charge is 2.36. The first-order chi connectivity index (χ1) is 14.0. The Balaban J connectivity index is 1.58. The lowest BCUT2D eigenvalue weighted by atomic mass is 10.1. The summed E-state index contributed by atoms with van der Waals surface area (Å²) in [6, 6.07) is 13.8. The van der Waals surface area contributed by atoms with Gasteiger partial charge >= 0.3 is 0 Å². The van der Waals surface area contributed by atoms with Gasteiger partial charge in [0.25, 0.3) is 5.91 Å². The highest BCUT2D eigenvalue weighted by atomic mass is 35.5. The number of anilines is 2. The molecule has 0 saturated heterocycles. The first-order valence-electron chi connectivity index (χ1n) is 9.06. The number of para-hydroxylation sites is 1. The Hall–Kier alpha value is -3.32. The molecule has 1 unspecified atom stereocenters. The van der Waals surface area contributed by atoms with Gasteiger partial charge in [-0.05, 0) is 36.8 Å². The summed E-state index contributed by atoms with van der Waals surface area (Å²) in [5.74, 6) is 0.753. The van der Waals surface area contributed by atoms with Gasteiger partial charge in [-0.1, -0.05) is 35.9 Å². The summed E-state index contributed by atoms with van der Waals surface area (Å²) in [5.41, 5.74) is 3.01. The van der Waals surface area contributed by atoms with Gasteiger partial charge in [-0.2, -0.15) is 5.10 Å². The number of nitrogens with zero attached hydrogens (tertiary/aromatic N) is 2. The lowest BCUT2D eigenvalue weighted by Gasteiger charge is -2.11. The molecular formula is C21H19ClN4O3. The average molecular weight is 411 g/mol. The Kier molecular flexibility index (Phi) is 4.98. The van der Waals surface area contributed by atoms with Crippen LogP contribution in [0.5, 0.6) is 5.75 Å². The Morgan fingerprint density at radius 1 is 1.24 bits per heavy atom. The molecule has 4 rings (SSSR count). The highest BCUT2D eigenvalue weighted by Crippen LogP contribution is 2.38. The molecule has 1 aliphatic heterocycles. The van der Waals surface area contributed by atoms with Crippen molar-refractivity contribution >= 4 is 34.9 Å². The number of methoxy groups -OCH3 is 1. The van der Waals surface area contributed by atoms with E-state index in [9.17, 15) is 9.59 Å². The van der Waals surface area contributed by atoms with E-state index in [1.54, 1.807) is 36.1 Å². The minimum atomic E-state index is -0.724. The van der Waals surface area contributed by atoms with Gasteiger partial charge in [0.05, 0.1) is 29.9 Å². The molecule has 1 atom stereocenters. The first kappa shape index (κ1) is 19.0. The molecule has 1 aromatic heterocycles. The second-order valence-electron chi connectivity index (χ2n) is 6.72. The van der Waals surface area contributed by atoms with Gasteiger partial charge in [0.1, 0.15) is 17.6 Å². The topological polar surface area (TPSA) is 85.2 Å². The van der Waals surface area contributed by atoms with Crippen molar-refractivity contribution in [3.8, 4) is 16.9 Å². The van der Waals surface area contributed by atoms with Crippen molar-refractivity contribution in [2.45, 2.75) is 19.4 Å². The van der Waals surface area contributed by atoms with Gasteiger partial charge in [0, 0.05) is 5.56 Å². The van der Waals surface area contributed by atoms with Crippen LogP contribution in [-0.2, 0) is 9.59 Å². The van der Waals surface area contributed by atoms with Crippen LogP contribution in [0.25, 0.3) is 11.1 Å². The van der Waals surface area contributed by atoms with Crippen molar-refractivity contribution in [2.75, 3.05) is 17.7 Å². The normalized spacial score (nSPS) is 15.0. The van der Waals surface area contributed by atoms with Gasteiger partial charge in [-0.25, -0.2) is 4.68 Å². The third-order valence-electron chi connectivity index (χ3n) is 4.83. The third-order valence-corrected chi connectivity index (χ3v) is 5.16. The maximum Gasteiger partial charge on any atom is 0.251 e. The number of ether oxygens (including phenoxy) is 1. The summed E-state index contributed by atoms with van der Waals surface area (Å²) >= 11 is 6.09. The molecular weight excluding hydrogens is 392 g/mol. The number of carbonyl (C=O) groups excluding carboxylic acids is 2. The van der Waals surface area contributed by atoms with Crippen molar-refractivity contribution < 1.29 is 14.3 Å². The predicted molar refractivity (Wildman–Crippen MR) is 111 cm³/mol. The smallest absolute Gasteiger partial charge is 0.251 e. The van der Waals surface area contributed by atoms with E-state index in [1.807, 2.05) is 31.2 Å². The number of benzene rings is 2. The Labute approximate surface area is 172 Å². The van der Waals surface area contributed by atoms with E-state index in [4.69, 9.17) is 16.3 Å². The maximum absolute atomic E-state index is 12.5. The van der Waals surface area contributed by atoms with E-state index in [1.165, 1.54) is 0 Å². The zero-order valence-electron chi connectivity index (χ0n) is 15.9. The number of aryl methyl sites for hydroxylation is 1. The number of nitrogens with one attached hydrogen (secondary N) is 2. The maximum atomic E-state index is 12.5. The number of halogens is 1. The fourth-order valence-corrected chi connectivity index (χ4v) is 3.61. The van der Waals surface area contributed by atoms with E-state index in [-0.39, 0.29) is 18.2 Å². The van der Waals surface area contributed by atoms with Crippen molar-refractivity contribution in [3.63, 3.8) is 0 Å². The number of rotatable bonds is 5. The van der Waals surface area contributed by atoms with Crippen LogP contribution in [0.2, 0.25) is 5.02 Å². The van der Waals surface area contributed by atoms with Crippen molar-refractivity contribution in [1.82, 2.24) is 9.78 Å². The van der Waals surface area contributed by atoms with E-state index >= 15 is 0 Å². The van der Waals surface area contributed by atoms with Gasteiger partial charge in [0.15, 0.2) is 0 Å². The van der Waals surface area contributed by atoms with Crippen LogP contribution in [0.1, 0.15) is 18.2 Å². The molecule has 3 aromatic rings. The molecule has 29 heavy (non-hydrogen) atoms. The zero-order valence-corrected chi connectivity index (χ0v) is 16.7. The molecule has 2 amide bonds. The molecule has 2 heterocycles. The molecule has 8 heteroatoms. The summed E-state index contributed by atoms with van der Waals surface area (Å²) in [5, 5.41) is 10.6. The Bertz CT molecular complexity index is 1090.